The van der Waals surface area contributed by atoms with Crippen molar-refractivity contribution in [3.63, 3.8) is 0 Å². The number of halogens is 1. The molecule has 0 radical (unpaired) electrons. The highest BCUT2D eigenvalue weighted by Gasteiger charge is 2.07. The van der Waals surface area contributed by atoms with Crippen molar-refractivity contribution in [3.05, 3.63) is 59.7 Å². The van der Waals surface area contributed by atoms with E-state index in [1.54, 1.807) is 38.4 Å². The number of benzene rings is 2. The van der Waals surface area contributed by atoms with Crippen LogP contribution < -0.4 is 9.57 Å². The maximum Gasteiger partial charge on any atom is 0.253 e. The van der Waals surface area contributed by atoms with Gasteiger partial charge in [0.2, 0.25) is 0 Å². The Balaban J connectivity index is 1.92. The molecule has 0 heterocycles. The summed E-state index contributed by atoms with van der Waals surface area (Å²) in [6, 6.07) is 13.2. The monoisotopic (exact) mass is 320 g/mol. The van der Waals surface area contributed by atoms with Gasteiger partial charge in [0.25, 0.3) is 5.91 Å². The number of rotatable bonds is 6. The lowest BCUT2D eigenvalue weighted by Gasteiger charge is -2.11. The maximum absolute atomic E-state index is 12.1. The molecule has 0 aromatic heterocycles. The van der Waals surface area contributed by atoms with Gasteiger partial charge in [-0.3, -0.25) is 10.0 Å². The van der Waals surface area contributed by atoms with Gasteiger partial charge >= 0.3 is 0 Å². The second kappa shape index (κ2) is 7.57. The largest absolute Gasteiger partial charge is 0.489 e. The summed E-state index contributed by atoms with van der Waals surface area (Å²) in [6.07, 6.45) is 0. The standard InChI is InChI=1S/C16H17FN2O4/c1-18(2)16(20)13-5-3-12(4-6-13)11-22-14-7-9-15(10-8-14)23-19(17)21/h3-10,21H,11H2,1-2H3. The highest BCUT2D eigenvalue weighted by molar-refractivity contribution is 5.93. The summed E-state index contributed by atoms with van der Waals surface area (Å²) < 4.78 is 17.7. The summed E-state index contributed by atoms with van der Waals surface area (Å²) in [5.74, 6) is 0.641. The van der Waals surface area contributed by atoms with Crippen LogP contribution >= 0.6 is 0 Å². The summed E-state index contributed by atoms with van der Waals surface area (Å²) in [7, 11) is 3.40. The van der Waals surface area contributed by atoms with Gasteiger partial charge in [0.1, 0.15) is 12.4 Å². The molecule has 7 heteroatoms. The molecule has 0 unspecified atom stereocenters. The molecule has 1 amide bonds. The van der Waals surface area contributed by atoms with Gasteiger partial charge in [-0.05, 0) is 42.0 Å². The van der Waals surface area contributed by atoms with Crippen LogP contribution in [0.5, 0.6) is 11.5 Å². The molecule has 0 fully saturated rings. The van der Waals surface area contributed by atoms with Crippen molar-refractivity contribution in [3.8, 4) is 11.5 Å². The van der Waals surface area contributed by atoms with Crippen molar-refractivity contribution < 1.29 is 24.1 Å². The van der Waals surface area contributed by atoms with Crippen molar-refractivity contribution in [1.29, 1.82) is 0 Å². The van der Waals surface area contributed by atoms with Crippen molar-refractivity contribution in [1.82, 2.24) is 10.3 Å². The molecule has 122 valence electrons. The quantitative estimate of drug-likeness (QED) is 0.655. The van der Waals surface area contributed by atoms with Crippen molar-refractivity contribution >= 4 is 5.91 Å². The van der Waals surface area contributed by atoms with E-state index in [1.165, 1.54) is 17.0 Å². The Hall–Kier alpha value is -2.64. The Morgan fingerprint density at radius 3 is 2.13 bits per heavy atom. The van der Waals surface area contributed by atoms with Gasteiger partial charge in [0, 0.05) is 19.7 Å². The van der Waals surface area contributed by atoms with Gasteiger partial charge in [-0.2, -0.15) is 0 Å². The van der Waals surface area contributed by atoms with E-state index in [9.17, 15) is 9.28 Å². The van der Waals surface area contributed by atoms with E-state index in [1.807, 2.05) is 12.1 Å². The van der Waals surface area contributed by atoms with Gasteiger partial charge in [-0.25, -0.2) is 0 Å². The number of carbonyl (C=O) groups is 1. The number of carbonyl (C=O) groups excluding carboxylic acids is 1. The van der Waals surface area contributed by atoms with Crippen LogP contribution in [0.1, 0.15) is 15.9 Å². The summed E-state index contributed by atoms with van der Waals surface area (Å²) in [4.78, 5) is 17.6. The van der Waals surface area contributed by atoms with Crippen LogP contribution in [0.25, 0.3) is 0 Å². The van der Waals surface area contributed by atoms with Crippen LogP contribution in [0.4, 0.5) is 4.48 Å². The first-order valence-electron chi connectivity index (χ1n) is 6.82. The lowest BCUT2D eigenvalue weighted by atomic mass is 10.1. The van der Waals surface area contributed by atoms with Gasteiger partial charge in [-0.1, -0.05) is 16.6 Å². The molecule has 0 bridgehead atoms. The van der Waals surface area contributed by atoms with Crippen molar-refractivity contribution in [2.75, 3.05) is 14.1 Å². The predicted octanol–water partition coefficient (Wildman–Crippen LogP) is 2.84. The minimum absolute atomic E-state index is 0.0566. The average Bonchev–Trinajstić information content (AvgIpc) is 2.53. The number of amides is 1. The van der Waals surface area contributed by atoms with E-state index in [0.29, 0.717) is 17.9 Å². The minimum atomic E-state index is -0.869. The molecular formula is C16H17FN2O4. The van der Waals surface area contributed by atoms with Crippen LogP contribution in [-0.4, -0.2) is 35.6 Å². The SMILES string of the molecule is CN(C)C(=O)c1ccc(COc2ccc(ON(O)F)cc2)cc1. The molecule has 0 atom stereocenters. The Morgan fingerprint density at radius 1 is 1.04 bits per heavy atom. The van der Waals surface area contributed by atoms with Gasteiger partial charge in [0.15, 0.2) is 11.2 Å². The fraction of sp³-hybridized carbons (Fsp3) is 0.188. The van der Waals surface area contributed by atoms with Gasteiger partial charge in [0.05, 0.1) is 0 Å². The fourth-order valence-corrected chi connectivity index (χ4v) is 1.85. The third kappa shape index (κ3) is 4.94. The molecule has 0 saturated carbocycles. The van der Waals surface area contributed by atoms with E-state index in [2.05, 4.69) is 4.84 Å². The number of hydrogen-bond acceptors (Lipinski definition) is 5. The number of ether oxygens (including phenoxy) is 1. The highest BCUT2D eigenvalue weighted by atomic mass is 19.2. The number of hydrogen-bond donors (Lipinski definition) is 1. The Bertz CT molecular complexity index is 642. The molecule has 2 aromatic carbocycles. The second-order valence-electron chi connectivity index (χ2n) is 4.97. The minimum Gasteiger partial charge on any atom is -0.489 e. The van der Waals surface area contributed by atoms with Crippen LogP contribution in [-0.2, 0) is 6.61 Å². The molecule has 0 aliphatic rings. The molecule has 0 aliphatic heterocycles. The summed E-state index contributed by atoms with van der Waals surface area (Å²) >= 11 is 0. The van der Waals surface area contributed by atoms with Gasteiger partial charge < -0.3 is 14.5 Å². The summed E-state index contributed by atoms with van der Waals surface area (Å²) in [5.41, 5.74) is 0.651. The van der Waals surface area contributed by atoms with Crippen LogP contribution in [0.2, 0.25) is 0 Å². The molecule has 0 saturated heterocycles. The molecule has 2 rings (SSSR count). The highest BCUT2D eigenvalue weighted by Crippen LogP contribution is 2.19. The summed E-state index contributed by atoms with van der Waals surface area (Å²) in [6.45, 7) is 0.325. The van der Waals surface area contributed by atoms with Crippen LogP contribution in [0, 0.1) is 0 Å². The van der Waals surface area contributed by atoms with E-state index in [4.69, 9.17) is 9.94 Å². The van der Waals surface area contributed by atoms with Crippen LogP contribution in [0.3, 0.4) is 0 Å². The van der Waals surface area contributed by atoms with E-state index >= 15 is 0 Å². The average molecular weight is 320 g/mol. The maximum atomic E-state index is 12.1. The first-order chi connectivity index (χ1) is 11.0. The first-order valence-corrected chi connectivity index (χ1v) is 6.82. The Morgan fingerprint density at radius 2 is 1.61 bits per heavy atom. The normalized spacial score (nSPS) is 10.5. The van der Waals surface area contributed by atoms with Crippen molar-refractivity contribution in [2.24, 2.45) is 0 Å². The second-order valence-corrected chi connectivity index (χ2v) is 4.97. The predicted molar refractivity (Wildman–Crippen MR) is 80.6 cm³/mol. The Labute approximate surface area is 133 Å². The molecule has 2 aromatic rings. The van der Waals surface area contributed by atoms with E-state index < -0.39 is 5.45 Å². The molecule has 6 nitrogen and oxygen atoms in total. The fourth-order valence-electron chi connectivity index (χ4n) is 1.85. The van der Waals surface area contributed by atoms with Crippen LogP contribution in [0.15, 0.2) is 48.5 Å². The van der Waals surface area contributed by atoms with Crippen molar-refractivity contribution in [2.45, 2.75) is 6.61 Å². The third-order valence-electron chi connectivity index (χ3n) is 3.02. The molecular weight excluding hydrogens is 303 g/mol. The topological polar surface area (TPSA) is 62.2 Å². The zero-order chi connectivity index (χ0) is 16.8. The number of nitrogens with zero attached hydrogens (tertiary/aromatic N) is 2. The molecule has 0 aliphatic carbocycles. The van der Waals surface area contributed by atoms with E-state index in [-0.39, 0.29) is 11.7 Å². The summed E-state index contributed by atoms with van der Waals surface area (Å²) in [5, 5.41) is 8.31. The lowest BCUT2D eigenvalue weighted by Crippen LogP contribution is -2.21. The zero-order valence-corrected chi connectivity index (χ0v) is 12.8. The smallest absolute Gasteiger partial charge is 0.253 e. The molecule has 1 N–H and O–H groups in total. The molecule has 0 spiro atoms. The van der Waals surface area contributed by atoms with E-state index in [0.717, 1.165) is 5.56 Å². The molecule has 23 heavy (non-hydrogen) atoms. The first kappa shape index (κ1) is 16.7. The Kier molecular flexibility index (Phi) is 5.51. The zero-order valence-electron chi connectivity index (χ0n) is 12.8. The third-order valence-corrected chi connectivity index (χ3v) is 3.02. The van der Waals surface area contributed by atoms with Gasteiger partial charge in [-0.15, -0.1) is 0 Å². The lowest BCUT2D eigenvalue weighted by molar-refractivity contribution is -0.397.